The van der Waals surface area contributed by atoms with E-state index in [1.807, 2.05) is 47.8 Å². The van der Waals surface area contributed by atoms with E-state index in [0.29, 0.717) is 27.4 Å². The fraction of sp³-hybridized carbons (Fsp3) is 0.190. The molecule has 0 aliphatic heterocycles. The van der Waals surface area contributed by atoms with Gasteiger partial charge in [0, 0.05) is 31.9 Å². The molecule has 0 aliphatic rings. The summed E-state index contributed by atoms with van der Waals surface area (Å²) in [5, 5.41) is 12.7. The third kappa shape index (κ3) is 5.16. The van der Waals surface area contributed by atoms with Crippen molar-refractivity contribution in [3.63, 3.8) is 0 Å². The van der Waals surface area contributed by atoms with Crippen LogP contribution in [0.4, 0.5) is 11.4 Å². The number of allylic oxidation sites excluding steroid dienone is 1. The van der Waals surface area contributed by atoms with Gasteiger partial charge in [-0.25, -0.2) is 0 Å². The van der Waals surface area contributed by atoms with Gasteiger partial charge in [0.25, 0.3) is 0 Å². The Morgan fingerprint density at radius 1 is 1.17 bits per heavy atom. The molecular formula is C21H21Cl2N5OS. The van der Waals surface area contributed by atoms with Crippen LogP contribution in [0.5, 0.6) is 0 Å². The molecule has 3 aromatic rings. The minimum Gasteiger partial charge on any atom is -0.378 e. The highest BCUT2D eigenvalue weighted by atomic mass is 35.5. The van der Waals surface area contributed by atoms with Crippen LogP contribution in [0.3, 0.4) is 0 Å². The third-order valence-electron chi connectivity index (χ3n) is 4.23. The van der Waals surface area contributed by atoms with Crippen LogP contribution in [-0.4, -0.2) is 40.5 Å². The molecule has 0 saturated heterocycles. The summed E-state index contributed by atoms with van der Waals surface area (Å²) in [6.45, 7) is 4.34. The number of carbonyl (C=O) groups is 1. The first kappa shape index (κ1) is 22.2. The van der Waals surface area contributed by atoms with Gasteiger partial charge in [-0.05, 0) is 36.4 Å². The first-order chi connectivity index (χ1) is 14.4. The Morgan fingerprint density at radius 2 is 1.83 bits per heavy atom. The van der Waals surface area contributed by atoms with Gasteiger partial charge in [0.05, 0.1) is 21.5 Å². The van der Waals surface area contributed by atoms with E-state index in [-0.39, 0.29) is 11.7 Å². The predicted molar refractivity (Wildman–Crippen MR) is 126 cm³/mol. The van der Waals surface area contributed by atoms with Crippen LogP contribution >= 0.6 is 35.0 Å². The number of halogens is 2. The van der Waals surface area contributed by atoms with Crippen LogP contribution in [0, 0.1) is 0 Å². The summed E-state index contributed by atoms with van der Waals surface area (Å²) < 4.78 is 1.93. The van der Waals surface area contributed by atoms with Crippen LogP contribution in [0.25, 0.3) is 11.4 Å². The van der Waals surface area contributed by atoms with Gasteiger partial charge >= 0.3 is 0 Å². The quantitative estimate of drug-likeness (QED) is 0.367. The molecule has 0 atom stereocenters. The molecule has 1 amide bonds. The van der Waals surface area contributed by atoms with Crippen molar-refractivity contribution < 1.29 is 4.79 Å². The van der Waals surface area contributed by atoms with Crippen LogP contribution in [0.1, 0.15) is 0 Å². The Labute approximate surface area is 189 Å². The average molecular weight is 462 g/mol. The Morgan fingerprint density at radius 3 is 2.43 bits per heavy atom. The second-order valence-corrected chi connectivity index (χ2v) is 8.34. The maximum Gasteiger partial charge on any atom is 0.234 e. The van der Waals surface area contributed by atoms with Crippen molar-refractivity contribution >= 4 is 52.2 Å². The SMILES string of the molecule is C=CCn1c(SCC(=O)Nc2c(Cl)cccc2Cl)nnc1-c1ccc(N(C)C)cc1. The number of anilines is 2. The van der Waals surface area contributed by atoms with Gasteiger partial charge in [0.15, 0.2) is 11.0 Å². The Bertz CT molecular complexity index is 1030. The number of thioether (sulfide) groups is 1. The summed E-state index contributed by atoms with van der Waals surface area (Å²) >= 11 is 13.5. The summed E-state index contributed by atoms with van der Waals surface area (Å²) in [6.07, 6.45) is 1.77. The molecule has 9 heteroatoms. The highest BCUT2D eigenvalue weighted by Crippen LogP contribution is 2.30. The zero-order chi connectivity index (χ0) is 21.7. The highest BCUT2D eigenvalue weighted by Gasteiger charge is 2.16. The molecule has 1 heterocycles. The van der Waals surface area contributed by atoms with E-state index in [0.717, 1.165) is 17.1 Å². The fourth-order valence-corrected chi connectivity index (χ4v) is 3.97. The van der Waals surface area contributed by atoms with Crippen LogP contribution in [0.2, 0.25) is 10.0 Å². The van der Waals surface area contributed by atoms with E-state index in [1.165, 1.54) is 11.8 Å². The maximum absolute atomic E-state index is 12.4. The molecule has 0 spiro atoms. The normalized spacial score (nSPS) is 10.7. The van der Waals surface area contributed by atoms with Crippen LogP contribution < -0.4 is 10.2 Å². The number of nitrogens with one attached hydrogen (secondary N) is 1. The molecular weight excluding hydrogens is 441 g/mol. The highest BCUT2D eigenvalue weighted by molar-refractivity contribution is 7.99. The minimum atomic E-state index is -0.236. The molecule has 1 N–H and O–H groups in total. The van der Waals surface area contributed by atoms with Crippen molar-refractivity contribution in [2.45, 2.75) is 11.7 Å². The molecule has 3 rings (SSSR count). The van der Waals surface area contributed by atoms with Crippen molar-refractivity contribution in [3.8, 4) is 11.4 Å². The average Bonchev–Trinajstić information content (AvgIpc) is 3.12. The molecule has 6 nitrogen and oxygen atoms in total. The van der Waals surface area contributed by atoms with Crippen molar-refractivity contribution in [3.05, 3.63) is 65.2 Å². The number of rotatable bonds is 8. The second kappa shape index (κ2) is 10.0. The van der Waals surface area contributed by atoms with Crippen molar-refractivity contribution in [2.24, 2.45) is 0 Å². The van der Waals surface area contributed by atoms with Crippen LogP contribution in [-0.2, 0) is 11.3 Å². The minimum absolute atomic E-state index is 0.135. The second-order valence-electron chi connectivity index (χ2n) is 6.58. The standard InChI is InChI=1S/C21H21Cl2N5OS/c1-4-12-28-20(14-8-10-15(11-9-14)27(2)3)25-26-21(28)30-13-18(29)24-19-16(22)6-5-7-17(19)23/h4-11H,1,12-13H2,2-3H3,(H,24,29). The summed E-state index contributed by atoms with van der Waals surface area (Å²) in [5.74, 6) is 0.619. The van der Waals surface area contributed by atoms with E-state index in [4.69, 9.17) is 23.2 Å². The number of aromatic nitrogens is 3. The molecule has 0 aliphatic carbocycles. The fourth-order valence-electron chi connectivity index (χ4n) is 2.73. The topological polar surface area (TPSA) is 63.1 Å². The van der Waals surface area contributed by atoms with E-state index in [2.05, 4.69) is 22.1 Å². The number of nitrogens with zero attached hydrogens (tertiary/aromatic N) is 4. The molecule has 2 aromatic carbocycles. The largest absolute Gasteiger partial charge is 0.378 e. The lowest BCUT2D eigenvalue weighted by Crippen LogP contribution is -2.15. The zero-order valence-corrected chi connectivity index (χ0v) is 18.9. The Kier molecular flexibility index (Phi) is 7.42. The number of hydrogen-bond donors (Lipinski definition) is 1. The monoisotopic (exact) mass is 461 g/mol. The number of amides is 1. The molecule has 0 bridgehead atoms. The Hall–Kier alpha value is -2.48. The lowest BCUT2D eigenvalue weighted by atomic mass is 10.2. The van der Waals surface area contributed by atoms with Gasteiger partial charge in [0.1, 0.15) is 0 Å². The summed E-state index contributed by atoms with van der Waals surface area (Å²) in [7, 11) is 3.98. The molecule has 0 saturated carbocycles. The van der Waals surface area contributed by atoms with Gasteiger partial charge in [0.2, 0.25) is 5.91 Å². The van der Waals surface area contributed by atoms with Gasteiger partial charge in [-0.3, -0.25) is 9.36 Å². The van der Waals surface area contributed by atoms with Crippen molar-refractivity contribution in [1.29, 1.82) is 0 Å². The van der Waals surface area contributed by atoms with Gasteiger partial charge < -0.3 is 10.2 Å². The van der Waals surface area contributed by atoms with Crippen molar-refractivity contribution in [2.75, 3.05) is 30.1 Å². The summed E-state index contributed by atoms with van der Waals surface area (Å²) in [6, 6.07) is 13.1. The maximum atomic E-state index is 12.4. The summed E-state index contributed by atoms with van der Waals surface area (Å²) in [4.78, 5) is 14.4. The van der Waals surface area contributed by atoms with E-state index >= 15 is 0 Å². The molecule has 156 valence electrons. The number of hydrogen-bond acceptors (Lipinski definition) is 5. The van der Waals surface area contributed by atoms with Gasteiger partial charge in [-0.15, -0.1) is 16.8 Å². The lowest BCUT2D eigenvalue weighted by molar-refractivity contribution is -0.113. The van der Waals surface area contributed by atoms with Gasteiger partial charge in [-0.1, -0.05) is 47.1 Å². The molecule has 0 fully saturated rings. The molecule has 1 aromatic heterocycles. The molecule has 0 radical (unpaired) electrons. The lowest BCUT2D eigenvalue weighted by Gasteiger charge is -2.13. The molecule has 0 unspecified atom stereocenters. The first-order valence-electron chi connectivity index (χ1n) is 9.09. The van der Waals surface area contributed by atoms with Crippen LogP contribution in [0.15, 0.2) is 60.3 Å². The third-order valence-corrected chi connectivity index (χ3v) is 5.83. The van der Waals surface area contributed by atoms with E-state index < -0.39 is 0 Å². The zero-order valence-electron chi connectivity index (χ0n) is 16.6. The van der Waals surface area contributed by atoms with E-state index in [9.17, 15) is 4.79 Å². The number of benzene rings is 2. The number of carbonyl (C=O) groups excluding carboxylic acids is 1. The van der Waals surface area contributed by atoms with Gasteiger partial charge in [-0.2, -0.15) is 0 Å². The summed E-state index contributed by atoms with van der Waals surface area (Å²) in [5.41, 5.74) is 2.44. The first-order valence-corrected chi connectivity index (χ1v) is 10.8. The predicted octanol–water partition coefficient (Wildman–Crippen LogP) is 5.23. The number of para-hydroxylation sites is 1. The Balaban J connectivity index is 1.75. The smallest absolute Gasteiger partial charge is 0.234 e. The molecule has 30 heavy (non-hydrogen) atoms. The van der Waals surface area contributed by atoms with E-state index in [1.54, 1.807) is 24.3 Å². The van der Waals surface area contributed by atoms with Crippen molar-refractivity contribution in [1.82, 2.24) is 14.8 Å².